The summed E-state index contributed by atoms with van der Waals surface area (Å²) in [4.78, 5) is 4.25. The number of nitrogens with two attached hydrogens (primary N) is 1. The maximum atomic E-state index is 9.13. The van der Waals surface area contributed by atoms with Gasteiger partial charge in [0.2, 0.25) is 0 Å². The third-order valence-electron chi connectivity index (χ3n) is 1.78. The number of aliphatic hydroxyl groups excluding tert-OH is 1. The maximum Gasteiger partial charge on any atom is 0.189 e. The highest BCUT2D eigenvalue weighted by atomic mass is 16.3. The van der Waals surface area contributed by atoms with Crippen LogP contribution in [0.25, 0.3) is 0 Å². The first-order chi connectivity index (χ1) is 6.74. The van der Waals surface area contributed by atoms with Gasteiger partial charge < -0.3 is 16.2 Å². The molecule has 0 aliphatic carbocycles. The molecular weight excluding hydrogens is 190 g/mol. The number of aliphatic hydroxyl groups is 1. The molecule has 0 aromatic carbocycles. The van der Waals surface area contributed by atoms with Gasteiger partial charge >= 0.3 is 0 Å². The molecule has 4 N–H and O–H groups in total. The second-order valence-corrected chi connectivity index (χ2v) is 5.36. The van der Waals surface area contributed by atoms with Crippen LogP contribution in [0.4, 0.5) is 0 Å². The van der Waals surface area contributed by atoms with Gasteiger partial charge in [0.25, 0.3) is 0 Å². The van der Waals surface area contributed by atoms with Crippen molar-refractivity contribution in [1.82, 2.24) is 5.32 Å². The summed E-state index contributed by atoms with van der Waals surface area (Å²) >= 11 is 0. The lowest BCUT2D eigenvalue weighted by Crippen LogP contribution is -2.45. The molecule has 1 atom stereocenters. The van der Waals surface area contributed by atoms with E-state index in [0.717, 1.165) is 6.42 Å². The molecule has 0 spiro atoms. The summed E-state index contributed by atoms with van der Waals surface area (Å²) in [6.07, 6.45) is 0.850. The Morgan fingerprint density at radius 3 is 2.27 bits per heavy atom. The molecule has 90 valence electrons. The van der Waals surface area contributed by atoms with Gasteiger partial charge in [0, 0.05) is 5.54 Å². The molecule has 0 rings (SSSR count). The summed E-state index contributed by atoms with van der Waals surface area (Å²) in [6, 6.07) is -0.0974. The van der Waals surface area contributed by atoms with Crippen molar-refractivity contribution >= 4 is 5.96 Å². The lowest BCUT2D eigenvalue weighted by Gasteiger charge is -2.22. The smallest absolute Gasteiger partial charge is 0.189 e. The fourth-order valence-corrected chi connectivity index (χ4v) is 1.33. The molecule has 0 bridgehead atoms. The van der Waals surface area contributed by atoms with E-state index >= 15 is 0 Å². The summed E-state index contributed by atoms with van der Waals surface area (Å²) in [5, 5.41) is 12.2. The number of hydrogen-bond acceptors (Lipinski definition) is 2. The predicted molar refractivity (Wildman–Crippen MR) is 64.8 cm³/mol. The standard InChI is InChI=1S/C11H25N3O/c1-8(2)6-9(7-15)13-10(12)14-11(3,4)5/h8-9,15H,6-7H2,1-5H3,(H3,12,13,14). The Bertz CT molecular complexity index is 206. The monoisotopic (exact) mass is 215 g/mol. The normalized spacial score (nSPS) is 15.5. The van der Waals surface area contributed by atoms with Gasteiger partial charge in [0.05, 0.1) is 12.6 Å². The molecule has 0 saturated carbocycles. The largest absolute Gasteiger partial charge is 0.394 e. The molecule has 0 heterocycles. The van der Waals surface area contributed by atoms with Crippen LogP contribution in [-0.4, -0.2) is 29.3 Å². The van der Waals surface area contributed by atoms with Crippen molar-refractivity contribution in [3.8, 4) is 0 Å². The second-order valence-electron chi connectivity index (χ2n) is 5.36. The minimum absolute atomic E-state index is 0.0463. The molecule has 15 heavy (non-hydrogen) atoms. The van der Waals surface area contributed by atoms with Crippen LogP contribution in [0.5, 0.6) is 0 Å². The third kappa shape index (κ3) is 8.24. The molecule has 0 aliphatic heterocycles. The van der Waals surface area contributed by atoms with Gasteiger partial charge in [-0.15, -0.1) is 0 Å². The fraction of sp³-hybridized carbons (Fsp3) is 0.909. The Balaban J connectivity index is 4.29. The van der Waals surface area contributed by atoms with E-state index in [9.17, 15) is 0 Å². The number of aliphatic imine (C=N–C) groups is 1. The van der Waals surface area contributed by atoms with Gasteiger partial charge in [-0.05, 0) is 33.1 Å². The van der Waals surface area contributed by atoms with Crippen molar-refractivity contribution in [3.05, 3.63) is 0 Å². The van der Waals surface area contributed by atoms with E-state index < -0.39 is 0 Å². The van der Waals surface area contributed by atoms with Gasteiger partial charge in [-0.3, -0.25) is 0 Å². The number of nitrogens with zero attached hydrogens (tertiary/aromatic N) is 1. The highest BCUT2D eigenvalue weighted by Crippen LogP contribution is 2.07. The average Bonchev–Trinajstić information content (AvgIpc) is 1.98. The lowest BCUT2D eigenvalue weighted by atomic mass is 10.1. The Morgan fingerprint density at radius 1 is 1.40 bits per heavy atom. The molecule has 0 fully saturated rings. The molecule has 0 aromatic rings. The highest BCUT2D eigenvalue weighted by Gasteiger charge is 2.13. The summed E-state index contributed by atoms with van der Waals surface area (Å²) in [6.45, 7) is 10.3. The molecule has 4 nitrogen and oxygen atoms in total. The molecule has 1 unspecified atom stereocenters. The predicted octanol–water partition coefficient (Wildman–Crippen LogP) is 1.10. The zero-order valence-electron chi connectivity index (χ0n) is 10.5. The summed E-state index contributed by atoms with van der Waals surface area (Å²) < 4.78 is 0. The number of nitrogens with one attached hydrogen (secondary N) is 1. The van der Waals surface area contributed by atoms with E-state index in [2.05, 4.69) is 24.2 Å². The van der Waals surface area contributed by atoms with Crippen molar-refractivity contribution in [3.63, 3.8) is 0 Å². The van der Waals surface area contributed by atoms with Crippen LogP contribution in [0.15, 0.2) is 4.99 Å². The first-order valence-corrected chi connectivity index (χ1v) is 5.47. The zero-order valence-corrected chi connectivity index (χ0v) is 10.5. The van der Waals surface area contributed by atoms with Crippen molar-refractivity contribution in [1.29, 1.82) is 0 Å². The average molecular weight is 215 g/mol. The van der Waals surface area contributed by atoms with Crippen LogP contribution in [0.2, 0.25) is 0 Å². The van der Waals surface area contributed by atoms with Gasteiger partial charge in [-0.1, -0.05) is 13.8 Å². The SMILES string of the molecule is CC(C)CC(CO)N=C(N)NC(C)(C)C. The minimum atomic E-state index is -0.0974. The van der Waals surface area contributed by atoms with E-state index in [1.165, 1.54) is 0 Å². The summed E-state index contributed by atoms with van der Waals surface area (Å²) in [5.41, 5.74) is 5.65. The number of hydrogen-bond donors (Lipinski definition) is 3. The molecule has 0 amide bonds. The van der Waals surface area contributed by atoms with Gasteiger partial charge in [-0.25, -0.2) is 4.99 Å². The summed E-state index contributed by atoms with van der Waals surface area (Å²) in [7, 11) is 0. The topological polar surface area (TPSA) is 70.6 Å². The van der Waals surface area contributed by atoms with Gasteiger partial charge in [0.1, 0.15) is 0 Å². The Labute approximate surface area is 93.0 Å². The van der Waals surface area contributed by atoms with Gasteiger partial charge in [-0.2, -0.15) is 0 Å². The van der Waals surface area contributed by atoms with Crippen LogP contribution < -0.4 is 11.1 Å². The van der Waals surface area contributed by atoms with Crippen molar-refractivity contribution < 1.29 is 5.11 Å². The van der Waals surface area contributed by atoms with Crippen LogP contribution in [0.3, 0.4) is 0 Å². The highest BCUT2D eigenvalue weighted by molar-refractivity contribution is 5.78. The van der Waals surface area contributed by atoms with Crippen LogP contribution >= 0.6 is 0 Å². The van der Waals surface area contributed by atoms with Crippen molar-refractivity contribution in [2.75, 3.05) is 6.61 Å². The minimum Gasteiger partial charge on any atom is -0.394 e. The fourth-order valence-electron chi connectivity index (χ4n) is 1.33. The number of guanidine groups is 1. The van der Waals surface area contributed by atoms with Crippen molar-refractivity contribution in [2.45, 2.75) is 52.6 Å². The second kappa shape index (κ2) is 5.95. The maximum absolute atomic E-state index is 9.13. The molecule has 0 radical (unpaired) electrons. The molecule has 0 aromatic heterocycles. The lowest BCUT2D eigenvalue weighted by molar-refractivity contribution is 0.250. The Hall–Kier alpha value is -0.770. The molecule has 0 saturated heterocycles. The first kappa shape index (κ1) is 14.2. The third-order valence-corrected chi connectivity index (χ3v) is 1.78. The van der Waals surface area contributed by atoms with Crippen LogP contribution in [0, 0.1) is 5.92 Å². The number of rotatable bonds is 4. The molecule has 4 heteroatoms. The van der Waals surface area contributed by atoms with E-state index in [1.54, 1.807) is 0 Å². The van der Waals surface area contributed by atoms with E-state index in [-0.39, 0.29) is 18.2 Å². The molecular formula is C11H25N3O. The molecule has 0 aliphatic rings. The van der Waals surface area contributed by atoms with Gasteiger partial charge in [0.15, 0.2) is 5.96 Å². The van der Waals surface area contributed by atoms with E-state index in [1.807, 2.05) is 20.8 Å². The Kier molecular flexibility index (Phi) is 5.65. The first-order valence-electron chi connectivity index (χ1n) is 5.47. The zero-order chi connectivity index (χ0) is 12.1. The quantitative estimate of drug-likeness (QED) is 0.486. The van der Waals surface area contributed by atoms with E-state index in [4.69, 9.17) is 10.8 Å². The van der Waals surface area contributed by atoms with Crippen molar-refractivity contribution in [2.24, 2.45) is 16.6 Å². The van der Waals surface area contributed by atoms with Crippen LogP contribution in [0.1, 0.15) is 41.0 Å². The van der Waals surface area contributed by atoms with Crippen LogP contribution in [-0.2, 0) is 0 Å². The van der Waals surface area contributed by atoms with E-state index in [0.29, 0.717) is 11.9 Å². The summed E-state index contributed by atoms with van der Waals surface area (Å²) in [5.74, 6) is 0.913. The Morgan fingerprint density at radius 2 is 1.93 bits per heavy atom.